The molecular formula is C22H18N6O6. The number of carbonyl (C=O) groups excluding carboxylic acids is 2. The maximum absolute atomic E-state index is 13.2. The van der Waals surface area contributed by atoms with Crippen molar-refractivity contribution >= 4 is 17.5 Å². The van der Waals surface area contributed by atoms with Crippen LogP contribution in [-0.4, -0.2) is 52.4 Å². The van der Waals surface area contributed by atoms with Gasteiger partial charge in [-0.2, -0.15) is 10.1 Å². The molecule has 34 heavy (non-hydrogen) atoms. The Balaban J connectivity index is 1.19. The molecule has 0 radical (unpaired) electrons. The summed E-state index contributed by atoms with van der Waals surface area (Å²) >= 11 is 0. The number of nitrogens with zero attached hydrogens (tertiary/aromatic N) is 6. The Hall–Kier alpha value is -4.48. The van der Waals surface area contributed by atoms with Gasteiger partial charge in [-0.25, -0.2) is 4.90 Å². The van der Waals surface area contributed by atoms with Crippen LogP contribution in [0.5, 0.6) is 17.2 Å². The second-order valence-electron chi connectivity index (χ2n) is 7.71. The van der Waals surface area contributed by atoms with Gasteiger partial charge in [-0.15, -0.1) is 0 Å². The molecule has 12 heteroatoms. The Labute approximate surface area is 192 Å². The van der Waals surface area contributed by atoms with Crippen LogP contribution in [0.2, 0.25) is 0 Å². The van der Waals surface area contributed by atoms with E-state index >= 15 is 0 Å². The van der Waals surface area contributed by atoms with Crippen LogP contribution in [-0.2, 0) is 16.1 Å². The van der Waals surface area contributed by atoms with Crippen molar-refractivity contribution in [1.29, 1.82) is 0 Å². The van der Waals surface area contributed by atoms with Gasteiger partial charge in [0.1, 0.15) is 12.3 Å². The molecule has 1 aromatic heterocycles. The zero-order valence-corrected chi connectivity index (χ0v) is 18.0. The molecule has 0 bridgehead atoms. The summed E-state index contributed by atoms with van der Waals surface area (Å²) in [6, 6.07) is 10.3. The quantitative estimate of drug-likeness (QED) is 0.506. The van der Waals surface area contributed by atoms with Crippen LogP contribution in [0, 0.1) is 0 Å². The van der Waals surface area contributed by atoms with Gasteiger partial charge in [-0.05, 0) is 49.4 Å². The molecular weight excluding hydrogens is 444 g/mol. The van der Waals surface area contributed by atoms with Gasteiger partial charge in [0, 0.05) is 5.56 Å². The molecule has 3 aromatic rings. The predicted octanol–water partition coefficient (Wildman–Crippen LogP) is 2.36. The van der Waals surface area contributed by atoms with Crippen LogP contribution in [0.4, 0.5) is 5.69 Å². The van der Waals surface area contributed by atoms with Crippen molar-refractivity contribution in [2.75, 3.05) is 18.3 Å². The van der Waals surface area contributed by atoms with Crippen molar-refractivity contribution in [1.82, 2.24) is 15.1 Å². The molecule has 6 rings (SSSR count). The Morgan fingerprint density at radius 1 is 1.06 bits per heavy atom. The Kier molecular flexibility index (Phi) is 4.64. The van der Waals surface area contributed by atoms with E-state index in [9.17, 15) is 9.59 Å². The van der Waals surface area contributed by atoms with E-state index in [2.05, 4.69) is 20.5 Å². The van der Waals surface area contributed by atoms with Crippen LogP contribution >= 0.6 is 0 Å². The third-order valence-corrected chi connectivity index (χ3v) is 5.66. The van der Waals surface area contributed by atoms with Crippen LogP contribution in [0.15, 0.2) is 57.3 Å². The van der Waals surface area contributed by atoms with Crippen LogP contribution in [0.1, 0.15) is 12.8 Å². The molecule has 0 spiro atoms. The first-order valence-electron chi connectivity index (χ1n) is 10.6. The molecule has 3 aliphatic rings. The summed E-state index contributed by atoms with van der Waals surface area (Å²) in [7, 11) is 0. The topological polar surface area (TPSA) is 132 Å². The van der Waals surface area contributed by atoms with Crippen LogP contribution < -0.4 is 19.1 Å². The Bertz CT molecular complexity index is 1310. The van der Waals surface area contributed by atoms with Gasteiger partial charge in [0.05, 0.1) is 12.3 Å². The first kappa shape index (κ1) is 20.1. The largest absolute Gasteiger partial charge is 0.494 e. The lowest BCUT2D eigenvalue weighted by atomic mass is 10.1. The minimum absolute atomic E-state index is 0.0261. The SMILES string of the molecule is CCOc1ccc(N2C(=O)C3N=NN(Cc4nc(-c5ccc6c(c5)OCO6)no4)C3C2=O)cc1. The number of aromatic nitrogens is 2. The molecule has 4 heterocycles. The van der Waals surface area contributed by atoms with Gasteiger partial charge in [0.25, 0.3) is 11.8 Å². The molecule has 2 unspecified atom stereocenters. The molecule has 3 aliphatic heterocycles. The number of hydrogen-bond donors (Lipinski definition) is 0. The second kappa shape index (κ2) is 7.83. The van der Waals surface area contributed by atoms with Gasteiger partial charge in [0.2, 0.25) is 18.5 Å². The highest BCUT2D eigenvalue weighted by molar-refractivity contribution is 6.25. The average Bonchev–Trinajstić information content (AvgIpc) is 3.62. The number of ether oxygens (including phenoxy) is 3. The number of amides is 2. The summed E-state index contributed by atoms with van der Waals surface area (Å²) in [5.41, 5.74) is 1.14. The summed E-state index contributed by atoms with van der Waals surface area (Å²) in [5.74, 6) is 1.64. The maximum atomic E-state index is 13.2. The van der Waals surface area contributed by atoms with E-state index in [1.807, 2.05) is 6.92 Å². The van der Waals surface area contributed by atoms with Crippen molar-refractivity contribution in [2.24, 2.45) is 10.3 Å². The van der Waals surface area contributed by atoms with Crippen molar-refractivity contribution in [3.63, 3.8) is 0 Å². The number of rotatable bonds is 6. The zero-order chi connectivity index (χ0) is 23.2. The third kappa shape index (κ3) is 3.22. The predicted molar refractivity (Wildman–Crippen MR) is 114 cm³/mol. The molecule has 0 N–H and O–H groups in total. The van der Waals surface area contributed by atoms with Crippen molar-refractivity contribution in [2.45, 2.75) is 25.6 Å². The fraction of sp³-hybridized carbons (Fsp3) is 0.273. The molecule has 0 aliphatic carbocycles. The van der Waals surface area contributed by atoms with E-state index in [1.54, 1.807) is 42.5 Å². The molecule has 1 fully saturated rings. The lowest BCUT2D eigenvalue weighted by Gasteiger charge is -2.19. The Morgan fingerprint density at radius 3 is 2.71 bits per heavy atom. The highest BCUT2D eigenvalue weighted by Crippen LogP contribution is 2.36. The standard InChI is InChI=1S/C22H18N6O6/c1-2-31-14-6-4-13(5-7-14)28-21(29)18-19(22(28)30)27(26-24-18)10-17-23-20(25-34-17)12-3-8-15-16(9-12)33-11-32-15/h3-9,18-19H,2,10-11H2,1H3. The summed E-state index contributed by atoms with van der Waals surface area (Å²) in [6.45, 7) is 2.59. The van der Waals surface area contributed by atoms with E-state index in [4.69, 9.17) is 18.7 Å². The second-order valence-corrected chi connectivity index (χ2v) is 7.71. The van der Waals surface area contributed by atoms with Gasteiger partial charge in [0.15, 0.2) is 23.6 Å². The first-order valence-corrected chi connectivity index (χ1v) is 10.6. The Morgan fingerprint density at radius 2 is 1.88 bits per heavy atom. The highest BCUT2D eigenvalue weighted by Gasteiger charge is 2.55. The van der Waals surface area contributed by atoms with Crippen molar-refractivity contribution in [3.8, 4) is 28.6 Å². The van der Waals surface area contributed by atoms with E-state index in [1.165, 1.54) is 5.01 Å². The van der Waals surface area contributed by atoms with Gasteiger partial charge in [-0.1, -0.05) is 10.4 Å². The smallest absolute Gasteiger partial charge is 0.263 e. The van der Waals surface area contributed by atoms with Crippen molar-refractivity contribution in [3.05, 3.63) is 48.4 Å². The lowest BCUT2D eigenvalue weighted by Crippen LogP contribution is -2.39. The summed E-state index contributed by atoms with van der Waals surface area (Å²) in [5, 5.41) is 13.4. The average molecular weight is 462 g/mol. The first-order chi connectivity index (χ1) is 16.6. The van der Waals surface area contributed by atoms with Gasteiger partial charge in [-0.3, -0.25) is 14.6 Å². The minimum atomic E-state index is -0.921. The third-order valence-electron chi connectivity index (χ3n) is 5.66. The summed E-state index contributed by atoms with van der Waals surface area (Å²) in [6.07, 6.45) is 0. The van der Waals surface area contributed by atoms with E-state index in [0.717, 1.165) is 4.90 Å². The van der Waals surface area contributed by atoms with Gasteiger partial charge < -0.3 is 18.7 Å². The monoisotopic (exact) mass is 462 g/mol. The fourth-order valence-corrected chi connectivity index (χ4v) is 4.08. The van der Waals surface area contributed by atoms with E-state index < -0.39 is 23.9 Å². The molecule has 1 saturated heterocycles. The van der Waals surface area contributed by atoms with Crippen molar-refractivity contribution < 1.29 is 28.3 Å². The zero-order valence-electron chi connectivity index (χ0n) is 18.0. The fourth-order valence-electron chi connectivity index (χ4n) is 4.08. The molecule has 12 nitrogen and oxygen atoms in total. The van der Waals surface area contributed by atoms with Crippen LogP contribution in [0.3, 0.4) is 0 Å². The molecule has 2 aromatic carbocycles. The van der Waals surface area contributed by atoms with Crippen LogP contribution in [0.25, 0.3) is 11.4 Å². The van der Waals surface area contributed by atoms with E-state index in [0.29, 0.717) is 40.9 Å². The highest BCUT2D eigenvalue weighted by atomic mass is 16.7. The number of carbonyl (C=O) groups is 2. The summed E-state index contributed by atoms with van der Waals surface area (Å²) in [4.78, 5) is 31.6. The number of fused-ring (bicyclic) bond motifs is 2. The normalized spacial score (nSPS) is 20.4. The maximum Gasteiger partial charge on any atom is 0.263 e. The molecule has 172 valence electrons. The number of anilines is 1. The summed E-state index contributed by atoms with van der Waals surface area (Å²) < 4.78 is 21.5. The lowest BCUT2D eigenvalue weighted by molar-refractivity contribution is -0.123. The number of hydrogen-bond acceptors (Lipinski definition) is 11. The van der Waals surface area contributed by atoms with E-state index in [-0.39, 0.29) is 19.2 Å². The molecule has 2 atom stereocenters. The number of benzene rings is 2. The number of imide groups is 1. The van der Waals surface area contributed by atoms with Gasteiger partial charge >= 0.3 is 0 Å². The minimum Gasteiger partial charge on any atom is -0.494 e. The molecule has 0 saturated carbocycles. The molecule has 2 amide bonds.